The van der Waals surface area contributed by atoms with E-state index in [1.165, 1.54) is 0 Å². The molecule has 0 aliphatic rings. The smallest absolute Gasteiger partial charge is 0.116 e. The average Bonchev–Trinajstić information content (AvgIpc) is 2.04. The van der Waals surface area contributed by atoms with Crippen LogP contribution in [0.25, 0.3) is 0 Å². The van der Waals surface area contributed by atoms with Crippen molar-refractivity contribution in [3.8, 4) is 0 Å². The molecule has 1 N–H and O–H groups in total. The highest BCUT2D eigenvalue weighted by molar-refractivity contribution is 6.18. The van der Waals surface area contributed by atoms with E-state index in [0.717, 1.165) is 13.1 Å². The van der Waals surface area contributed by atoms with Gasteiger partial charge in [-0.25, -0.2) is 0 Å². The van der Waals surface area contributed by atoms with Crippen molar-refractivity contribution in [1.29, 1.82) is 0 Å². The summed E-state index contributed by atoms with van der Waals surface area (Å²) in [5, 5.41) is 9.43. The zero-order valence-electron chi connectivity index (χ0n) is 8.63. The maximum Gasteiger partial charge on any atom is 0.116 e. The zero-order valence-corrected chi connectivity index (χ0v) is 10.1. The van der Waals surface area contributed by atoms with Gasteiger partial charge >= 0.3 is 0 Å². The third kappa shape index (κ3) is 6.44. The maximum absolute atomic E-state index is 9.43. The van der Waals surface area contributed by atoms with Crippen LogP contribution >= 0.6 is 11.6 Å². The molecule has 0 heterocycles. The zero-order chi connectivity index (χ0) is 10.3. The summed E-state index contributed by atoms with van der Waals surface area (Å²) in [4.78, 5) is 0. The molecule has 1 unspecified atom stereocenters. The average molecular weight is 240 g/mol. The quantitative estimate of drug-likeness (QED) is 0.323. The van der Waals surface area contributed by atoms with Gasteiger partial charge in [0.2, 0.25) is 0 Å². The fourth-order valence-electron chi connectivity index (χ4n) is 1.40. The Morgan fingerprint density at radius 3 is 2.07 bits per heavy atom. The lowest BCUT2D eigenvalue weighted by molar-refractivity contribution is -0.901. The van der Waals surface area contributed by atoms with Crippen molar-refractivity contribution in [1.82, 2.24) is 0 Å². The van der Waals surface area contributed by atoms with Gasteiger partial charge in [0.15, 0.2) is 0 Å². The lowest BCUT2D eigenvalue weighted by atomic mass is 10.3. The lowest BCUT2D eigenvalue weighted by Crippen LogP contribution is -3.00. The van der Waals surface area contributed by atoms with Crippen molar-refractivity contribution in [3.63, 3.8) is 0 Å². The van der Waals surface area contributed by atoms with Crippen molar-refractivity contribution in [3.05, 3.63) is 25.3 Å². The number of hydrogen-bond donors (Lipinski definition) is 1. The van der Waals surface area contributed by atoms with Crippen LogP contribution in [0.15, 0.2) is 25.3 Å². The van der Waals surface area contributed by atoms with E-state index in [1.807, 2.05) is 12.2 Å². The predicted octanol–water partition coefficient (Wildman–Crippen LogP) is -1.59. The first-order valence-corrected chi connectivity index (χ1v) is 4.91. The summed E-state index contributed by atoms with van der Waals surface area (Å²) >= 11 is 5.55. The standard InChI is InChI=1S/C10H19ClNO.ClH/c1-4-6-12(3,7-5-2)9-10(13)8-11;/h4-5,10,13H,1-2,6-9H2,3H3;1H/q+1;/p-1. The van der Waals surface area contributed by atoms with E-state index in [0.29, 0.717) is 11.0 Å². The molecule has 0 aromatic heterocycles. The molecular weight excluding hydrogens is 221 g/mol. The van der Waals surface area contributed by atoms with E-state index in [-0.39, 0.29) is 18.3 Å². The molecule has 0 radical (unpaired) electrons. The Morgan fingerprint density at radius 2 is 1.79 bits per heavy atom. The van der Waals surface area contributed by atoms with Gasteiger partial charge < -0.3 is 22.0 Å². The third-order valence-corrected chi connectivity index (χ3v) is 2.33. The van der Waals surface area contributed by atoms with Gasteiger partial charge in [-0.3, -0.25) is 0 Å². The van der Waals surface area contributed by atoms with E-state index in [2.05, 4.69) is 20.2 Å². The second-order valence-electron chi connectivity index (χ2n) is 3.55. The molecule has 0 amide bonds. The van der Waals surface area contributed by atoms with Crippen LogP contribution in [0.5, 0.6) is 0 Å². The minimum atomic E-state index is -0.452. The SMILES string of the molecule is C=CC[N+](C)(CC=C)CC(O)CCl.[Cl-]. The molecule has 0 aliphatic heterocycles. The van der Waals surface area contributed by atoms with Crippen LogP contribution in [0.4, 0.5) is 0 Å². The molecule has 14 heavy (non-hydrogen) atoms. The number of likely N-dealkylation sites (N-methyl/N-ethyl adjacent to an activating group) is 1. The predicted molar refractivity (Wildman–Crippen MR) is 57.9 cm³/mol. The summed E-state index contributed by atoms with van der Waals surface area (Å²) in [6, 6.07) is 0. The first-order valence-electron chi connectivity index (χ1n) is 4.37. The maximum atomic E-state index is 9.43. The number of aliphatic hydroxyl groups excluding tert-OH is 1. The van der Waals surface area contributed by atoms with Gasteiger partial charge in [0.1, 0.15) is 12.6 Å². The van der Waals surface area contributed by atoms with E-state index < -0.39 is 6.10 Å². The van der Waals surface area contributed by atoms with E-state index in [4.69, 9.17) is 11.6 Å². The summed E-state index contributed by atoms with van der Waals surface area (Å²) < 4.78 is 0.709. The molecule has 2 nitrogen and oxygen atoms in total. The van der Waals surface area contributed by atoms with Gasteiger partial charge in [0.25, 0.3) is 0 Å². The lowest BCUT2D eigenvalue weighted by Gasteiger charge is -2.33. The number of hydrogen-bond acceptors (Lipinski definition) is 1. The van der Waals surface area contributed by atoms with Gasteiger partial charge in [-0.1, -0.05) is 13.2 Å². The van der Waals surface area contributed by atoms with Gasteiger partial charge in [0, 0.05) is 0 Å². The topological polar surface area (TPSA) is 20.2 Å². The minimum Gasteiger partial charge on any atom is -1.00 e. The highest BCUT2D eigenvalue weighted by Gasteiger charge is 2.21. The third-order valence-electron chi connectivity index (χ3n) is 1.97. The molecule has 0 spiro atoms. The molecule has 4 heteroatoms. The van der Waals surface area contributed by atoms with Gasteiger partial charge in [-0.2, -0.15) is 0 Å². The molecule has 1 atom stereocenters. The van der Waals surface area contributed by atoms with E-state index in [9.17, 15) is 5.11 Å². The van der Waals surface area contributed by atoms with Gasteiger partial charge in [0.05, 0.1) is 26.0 Å². The Balaban J connectivity index is 0. The monoisotopic (exact) mass is 239 g/mol. The normalized spacial score (nSPS) is 12.8. The van der Waals surface area contributed by atoms with Crippen LogP contribution in [-0.4, -0.2) is 48.3 Å². The second-order valence-corrected chi connectivity index (χ2v) is 3.86. The van der Waals surface area contributed by atoms with Crippen molar-refractivity contribution in [2.24, 2.45) is 0 Å². The Hall–Kier alpha value is -0.0200. The highest BCUT2D eigenvalue weighted by Crippen LogP contribution is 2.05. The minimum absolute atomic E-state index is 0. The summed E-state index contributed by atoms with van der Waals surface area (Å²) in [6.45, 7) is 9.67. The number of nitrogens with zero attached hydrogens (tertiary/aromatic N) is 1. The van der Waals surface area contributed by atoms with Crippen molar-refractivity contribution in [2.45, 2.75) is 6.10 Å². The van der Waals surface area contributed by atoms with E-state index >= 15 is 0 Å². The highest BCUT2D eigenvalue weighted by atomic mass is 35.5. The molecule has 0 bridgehead atoms. The Labute approximate surface area is 97.9 Å². The number of halogens is 2. The number of alkyl halides is 1. The fourth-order valence-corrected chi connectivity index (χ4v) is 1.50. The molecule has 84 valence electrons. The Bertz CT molecular complexity index is 164. The largest absolute Gasteiger partial charge is 1.00 e. The second kappa shape index (κ2) is 8.30. The van der Waals surface area contributed by atoms with Crippen molar-refractivity contribution >= 4 is 11.6 Å². The number of aliphatic hydroxyl groups is 1. The number of rotatable bonds is 7. The van der Waals surface area contributed by atoms with Crippen LogP contribution in [0, 0.1) is 0 Å². The molecule has 0 saturated carbocycles. The van der Waals surface area contributed by atoms with Gasteiger partial charge in [-0.05, 0) is 12.2 Å². The fraction of sp³-hybridized carbons (Fsp3) is 0.600. The Morgan fingerprint density at radius 1 is 1.36 bits per heavy atom. The van der Waals surface area contributed by atoms with Crippen LogP contribution in [0.1, 0.15) is 0 Å². The van der Waals surface area contributed by atoms with Crippen LogP contribution in [-0.2, 0) is 0 Å². The van der Waals surface area contributed by atoms with Crippen molar-refractivity contribution < 1.29 is 22.0 Å². The molecule has 0 fully saturated rings. The summed E-state index contributed by atoms with van der Waals surface area (Å²) in [6.07, 6.45) is 3.25. The van der Waals surface area contributed by atoms with Gasteiger partial charge in [-0.15, -0.1) is 11.6 Å². The first-order chi connectivity index (χ1) is 6.08. The summed E-state index contributed by atoms with van der Waals surface area (Å²) in [5.74, 6) is 0.280. The first kappa shape index (κ1) is 16.4. The van der Waals surface area contributed by atoms with Crippen molar-refractivity contribution in [2.75, 3.05) is 32.6 Å². The molecule has 0 rings (SSSR count). The molecule has 0 aromatic rings. The number of quaternary nitrogens is 1. The summed E-state index contributed by atoms with van der Waals surface area (Å²) in [5.41, 5.74) is 0. The Kier molecular flexibility index (Phi) is 9.73. The van der Waals surface area contributed by atoms with E-state index in [1.54, 1.807) is 0 Å². The molecular formula is C10H19Cl2NO. The van der Waals surface area contributed by atoms with Crippen LogP contribution < -0.4 is 12.4 Å². The molecule has 0 aromatic carbocycles. The molecule has 0 aliphatic carbocycles. The van der Waals surface area contributed by atoms with Crippen LogP contribution in [0.2, 0.25) is 0 Å². The van der Waals surface area contributed by atoms with Crippen LogP contribution in [0.3, 0.4) is 0 Å². The summed E-state index contributed by atoms with van der Waals surface area (Å²) in [7, 11) is 2.05. The molecule has 0 saturated heterocycles.